The Bertz CT molecular complexity index is 488. The van der Waals surface area contributed by atoms with Gasteiger partial charge in [-0.15, -0.1) is 0 Å². The summed E-state index contributed by atoms with van der Waals surface area (Å²) in [5, 5.41) is 12.5. The van der Waals surface area contributed by atoms with Crippen LogP contribution < -0.4 is 16.0 Å². The molecule has 4 N–H and O–H groups in total. The van der Waals surface area contributed by atoms with Crippen LogP contribution in [0.1, 0.15) is 30.6 Å². The van der Waals surface area contributed by atoms with Gasteiger partial charge in [-0.2, -0.15) is 0 Å². The van der Waals surface area contributed by atoms with Crippen LogP contribution in [-0.4, -0.2) is 36.8 Å². The zero-order chi connectivity index (χ0) is 14.7. The predicted octanol–water partition coefficient (Wildman–Crippen LogP) is 1.23. The van der Waals surface area contributed by atoms with Crippen LogP contribution in [-0.2, 0) is 0 Å². The van der Waals surface area contributed by atoms with Gasteiger partial charge >= 0.3 is 0 Å². The van der Waals surface area contributed by atoms with Crippen molar-refractivity contribution in [2.75, 3.05) is 30.3 Å². The van der Waals surface area contributed by atoms with Gasteiger partial charge in [0.1, 0.15) is 0 Å². The van der Waals surface area contributed by atoms with Gasteiger partial charge in [0.2, 0.25) is 0 Å². The fraction of sp³-hybridized carbons (Fsp3) is 0.533. The van der Waals surface area contributed by atoms with Crippen molar-refractivity contribution >= 4 is 17.3 Å². The number of nitrogens with one attached hydrogen (secondary N) is 1. The molecule has 5 nitrogen and oxygen atoms in total. The first-order valence-corrected chi connectivity index (χ1v) is 7.13. The molecule has 20 heavy (non-hydrogen) atoms. The number of hydrogen-bond donors (Lipinski definition) is 3. The van der Waals surface area contributed by atoms with Crippen LogP contribution in [0.15, 0.2) is 18.2 Å². The zero-order valence-electron chi connectivity index (χ0n) is 12.1. The van der Waals surface area contributed by atoms with Crippen LogP contribution in [0.4, 0.5) is 11.4 Å². The summed E-state index contributed by atoms with van der Waals surface area (Å²) in [4.78, 5) is 14.3. The van der Waals surface area contributed by atoms with Crippen LogP contribution in [0, 0.1) is 5.92 Å². The number of carbonyl (C=O) groups excluding carboxylic acids is 1. The number of benzene rings is 1. The highest BCUT2D eigenvalue weighted by molar-refractivity contribution is 6.00. The highest BCUT2D eigenvalue weighted by Crippen LogP contribution is 2.30. The molecule has 2 rings (SSSR count). The molecule has 1 aromatic rings. The molecule has 110 valence electrons. The molecular weight excluding hydrogens is 254 g/mol. The second-order valence-corrected chi connectivity index (χ2v) is 5.37. The van der Waals surface area contributed by atoms with Gasteiger partial charge < -0.3 is 21.1 Å². The number of aliphatic hydroxyl groups is 1. The molecule has 1 amide bonds. The average Bonchev–Trinajstić information content (AvgIpc) is 2.88. The fourth-order valence-corrected chi connectivity index (χ4v) is 2.66. The topological polar surface area (TPSA) is 78.6 Å². The Hall–Kier alpha value is -1.75. The van der Waals surface area contributed by atoms with Crippen molar-refractivity contribution < 1.29 is 9.90 Å². The molecule has 2 unspecified atom stereocenters. The molecule has 1 aliphatic heterocycles. The van der Waals surface area contributed by atoms with Gasteiger partial charge in [-0.05, 0) is 38.5 Å². The van der Waals surface area contributed by atoms with E-state index >= 15 is 0 Å². The van der Waals surface area contributed by atoms with Crippen molar-refractivity contribution in [1.82, 2.24) is 5.32 Å². The van der Waals surface area contributed by atoms with Gasteiger partial charge in [-0.1, -0.05) is 0 Å². The maximum Gasteiger partial charge on any atom is 0.253 e. The largest absolute Gasteiger partial charge is 0.399 e. The summed E-state index contributed by atoms with van der Waals surface area (Å²) < 4.78 is 0. The molecule has 0 radical (unpaired) electrons. The summed E-state index contributed by atoms with van der Waals surface area (Å²) in [7, 11) is 0. The molecule has 0 bridgehead atoms. The standard InChI is InChI=1S/C15H23N3O2/c1-3-17-15(20)13-5-4-12(16)8-14(13)18-7-6-11(9-18)10(2)19/h4-5,8,10-11,19H,3,6-7,9,16H2,1-2H3,(H,17,20). The molecule has 1 aliphatic rings. The smallest absolute Gasteiger partial charge is 0.253 e. The van der Waals surface area contributed by atoms with Gasteiger partial charge in [0.15, 0.2) is 0 Å². The third-order valence-corrected chi connectivity index (χ3v) is 3.85. The minimum Gasteiger partial charge on any atom is -0.399 e. The van der Waals surface area contributed by atoms with E-state index in [9.17, 15) is 9.90 Å². The van der Waals surface area contributed by atoms with E-state index in [2.05, 4.69) is 10.2 Å². The molecule has 1 fully saturated rings. The molecule has 0 aliphatic carbocycles. The van der Waals surface area contributed by atoms with E-state index in [0.717, 1.165) is 25.2 Å². The number of nitrogen functional groups attached to an aromatic ring is 1. The number of hydrogen-bond acceptors (Lipinski definition) is 4. The minimum absolute atomic E-state index is 0.0806. The van der Waals surface area contributed by atoms with E-state index in [0.29, 0.717) is 17.8 Å². The Labute approximate surface area is 119 Å². The molecule has 2 atom stereocenters. The van der Waals surface area contributed by atoms with E-state index in [4.69, 9.17) is 5.73 Å². The molecule has 0 saturated carbocycles. The lowest BCUT2D eigenvalue weighted by Gasteiger charge is -2.23. The number of nitrogens with two attached hydrogens (primary N) is 1. The monoisotopic (exact) mass is 277 g/mol. The van der Waals surface area contributed by atoms with Crippen molar-refractivity contribution in [3.05, 3.63) is 23.8 Å². The van der Waals surface area contributed by atoms with Crippen LogP contribution in [0.5, 0.6) is 0 Å². The predicted molar refractivity (Wildman–Crippen MR) is 80.9 cm³/mol. The first kappa shape index (κ1) is 14.7. The van der Waals surface area contributed by atoms with Crippen LogP contribution in [0.25, 0.3) is 0 Å². The van der Waals surface area contributed by atoms with Crippen LogP contribution in [0.2, 0.25) is 0 Å². The maximum absolute atomic E-state index is 12.1. The Morgan fingerprint density at radius 2 is 2.35 bits per heavy atom. The number of amides is 1. The Morgan fingerprint density at radius 1 is 1.60 bits per heavy atom. The lowest BCUT2D eigenvalue weighted by molar-refractivity contribution is 0.0956. The lowest BCUT2D eigenvalue weighted by Crippen LogP contribution is -2.29. The van der Waals surface area contributed by atoms with Crippen molar-refractivity contribution in [3.8, 4) is 0 Å². The average molecular weight is 277 g/mol. The van der Waals surface area contributed by atoms with Crippen molar-refractivity contribution in [2.24, 2.45) is 5.92 Å². The summed E-state index contributed by atoms with van der Waals surface area (Å²) in [6, 6.07) is 5.36. The lowest BCUT2D eigenvalue weighted by atomic mass is 10.0. The number of rotatable bonds is 4. The van der Waals surface area contributed by atoms with E-state index < -0.39 is 0 Å². The minimum atomic E-state index is -0.325. The summed E-state index contributed by atoms with van der Waals surface area (Å²) in [5.74, 6) is 0.168. The Balaban J connectivity index is 2.26. The van der Waals surface area contributed by atoms with E-state index in [-0.39, 0.29) is 17.9 Å². The summed E-state index contributed by atoms with van der Waals surface area (Å²) in [6.45, 7) is 5.91. The summed E-state index contributed by atoms with van der Waals surface area (Å²) in [6.07, 6.45) is 0.607. The summed E-state index contributed by atoms with van der Waals surface area (Å²) in [5.41, 5.74) is 8.01. The van der Waals surface area contributed by atoms with Crippen LogP contribution >= 0.6 is 0 Å². The third-order valence-electron chi connectivity index (χ3n) is 3.85. The number of nitrogens with zero attached hydrogens (tertiary/aromatic N) is 1. The number of anilines is 2. The first-order chi connectivity index (χ1) is 9.52. The van der Waals surface area contributed by atoms with Gasteiger partial charge in [-0.25, -0.2) is 0 Å². The normalized spacial score (nSPS) is 19.9. The van der Waals surface area contributed by atoms with Gasteiger partial charge in [0.05, 0.1) is 17.4 Å². The van der Waals surface area contributed by atoms with Crippen LogP contribution in [0.3, 0.4) is 0 Å². The Morgan fingerprint density at radius 3 is 2.95 bits per heavy atom. The highest BCUT2D eigenvalue weighted by Gasteiger charge is 2.28. The Kier molecular flexibility index (Phi) is 4.49. The molecule has 1 saturated heterocycles. The first-order valence-electron chi connectivity index (χ1n) is 7.13. The zero-order valence-corrected chi connectivity index (χ0v) is 12.1. The van der Waals surface area contributed by atoms with E-state index in [1.165, 1.54) is 0 Å². The molecule has 1 aromatic carbocycles. The quantitative estimate of drug-likeness (QED) is 0.723. The molecule has 5 heteroatoms. The molecule has 0 spiro atoms. The van der Waals surface area contributed by atoms with Crippen molar-refractivity contribution in [3.63, 3.8) is 0 Å². The summed E-state index contributed by atoms with van der Waals surface area (Å²) >= 11 is 0. The molecular formula is C15H23N3O2. The highest BCUT2D eigenvalue weighted by atomic mass is 16.3. The second kappa shape index (κ2) is 6.13. The van der Waals surface area contributed by atoms with Gasteiger partial charge in [0, 0.05) is 31.2 Å². The van der Waals surface area contributed by atoms with Gasteiger partial charge in [0.25, 0.3) is 5.91 Å². The fourth-order valence-electron chi connectivity index (χ4n) is 2.66. The molecule has 1 heterocycles. The number of carbonyl (C=O) groups is 1. The molecule has 0 aromatic heterocycles. The van der Waals surface area contributed by atoms with E-state index in [1.807, 2.05) is 19.9 Å². The maximum atomic E-state index is 12.1. The second-order valence-electron chi connectivity index (χ2n) is 5.37. The third kappa shape index (κ3) is 3.04. The van der Waals surface area contributed by atoms with E-state index in [1.54, 1.807) is 12.1 Å². The van der Waals surface area contributed by atoms with Crippen molar-refractivity contribution in [2.45, 2.75) is 26.4 Å². The van der Waals surface area contributed by atoms with Crippen molar-refractivity contribution in [1.29, 1.82) is 0 Å². The van der Waals surface area contributed by atoms with Gasteiger partial charge in [-0.3, -0.25) is 4.79 Å². The SMILES string of the molecule is CCNC(=O)c1ccc(N)cc1N1CCC(C(C)O)C1. The number of aliphatic hydroxyl groups excluding tert-OH is 1.